The van der Waals surface area contributed by atoms with E-state index in [1.165, 1.54) is 43.4 Å². The van der Waals surface area contributed by atoms with Crippen molar-refractivity contribution in [1.82, 2.24) is 10.6 Å². The highest BCUT2D eigenvalue weighted by molar-refractivity contribution is 5.96. The highest BCUT2D eigenvalue weighted by Crippen LogP contribution is 2.55. The minimum absolute atomic E-state index is 0.0274. The number of piperidine rings is 1. The highest BCUT2D eigenvalue weighted by Gasteiger charge is 2.51. The van der Waals surface area contributed by atoms with Crippen molar-refractivity contribution in [2.75, 3.05) is 13.1 Å². The molecule has 0 unspecified atom stereocenters. The molecule has 5 nitrogen and oxygen atoms in total. The van der Waals surface area contributed by atoms with Gasteiger partial charge in [0.1, 0.15) is 0 Å². The molecule has 0 aromatic carbocycles. The minimum Gasteiger partial charge on any atom is -0.332 e. The van der Waals surface area contributed by atoms with E-state index in [1.807, 2.05) is 6.92 Å². The standard InChI is InChI=1S/C19H31N3O2/c1-13(22-5-3-2-4-6-22)17(23)20-18(24)21-19-10-14-7-15(11-19)9-16(8-14)12-19/h13-16H,2-12H2,1H3,(H2,20,21,23,24)/p+1/t13-,14?,15?,16?,19?/m0/s1. The molecule has 5 aliphatic rings. The van der Waals surface area contributed by atoms with Crippen LogP contribution in [0.1, 0.15) is 64.7 Å². The molecular weight excluding hydrogens is 302 g/mol. The molecular formula is C19H32N3O2+. The third kappa shape index (κ3) is 3.19. The Balaban J connectivity index is 1.32. The second-order valence-electron chi connectivity index (χ2n) is 9.08. The second-order valence-corrected chi connectivity index (χ2v) is 9.08. The van der Waals surface area contributed by atoms with Gasteiger partial charge >= 0.3 is 6.03 Å². The number of hydrogen-bond acceptors (Lipinski definition) is 2. The Labute approximate surface area is 144 Å². The molecule has 1 saturated heterocycles. The van der Waals surface area contributed by atoms with Crippen LogP contribution in [0.4, 0.5) is 4.79 Å². The Morgan fingerprint density at radius 1 is 0.958 bits per heavy atom. The summed E-state index contributed by atoms with van der Waals surface area (Å²) in [6, 6.07) is -0.391. The van der Waals surface area contributed by atoms with E-state index < -0.39 is 0 Å². The summed E-state index contributed by atoms with van der Waals surface area (Å²) in [5.41, 5.74) is -0.0274. The molecule has 4 bridgehead atoms. The van der Waals surface area contributed by atoms with Crippen LogP contribution in [0, 0.1) is 17.8 Å². The third-order valence-electron chi connectivity index (χ3n) is 7.16. The van der Waals surface area contributed by atoms with Gasteiger partial charge in [0.25, 0.3) is 5.91 Å². The Bertz CT molecular complexity index is 477. The van der Waals surface area contributed by atoms with Crippen LogP contribution in [0.3, 0.4) is 0 Å². The summed E-state index contributed by atoms with van der Waals surface area (Å²) >= 11 is 0. The van der Waals surface area contributed by atoms with Crippen LogP contribution in [-0.2, 0) is 4.79 Å². The molecule has 4 aliphatic carbocycles. The maximum absolute atomic E-state index is 12.5. The van der Waals surface area contributed by atoms with Crippen molar-refractivity contribution < 1.29 is 14.5 Å². The van der Waals surface area contributed by atoms with Crippen LogP contribution in [0.15, 0.2) is 0 Å². The van der Waals surface area contributed by atoms with Gasteiger partial charge in [-0.15, -0.1) is 0 Å². The molecule has 0 aromatic rings. The number of nitrogens with one attached hydrogen (secondary N) is 3. The number of carbonyl (C=O) groups excluding carboxylic acids is 2. The van der Waals surface area contributed by atoms with Crippen LogP contribution >= 0.6 is 0 Å². The van der Waals surface area contributed by atoms with E-state index in [4.69, 9.17) is 0 Å². The first-order valence-electron chi connectivity index (χ1n) is 10.0. The fourth-order valence-electron chi connectivity index (χ4n) is 6.38. The number of carbonyl (C=O) groups is 2. The monoisotopic (exact) mass is 334 g/mol. The number of imide groups is 1. The average molecular weight is 334 g/mol. The number of quaternary nitrogens is 1. The van der Waals surface area contributed by atoms with Crippen molar-refractivity contribution in [2.45, 2.75) is 76.3 Å². The fourth-order valence-corrected chi connectivity index (χ4v) is 6.38. The van der Waals surface area contributed by atoms with E-state index in [0.29, 0.717) is 0 Å². The van der Waals surface area contributed by atoms with E-state index in [9.17, 15) is 9.59 Å². The van der Waals surface area contributed by atoms with Crippen LogP contribution in [0.5, 0.6) is 0 Å². The van der Waals surface area contributed by atoms with E-state index in [2.05, 4.69) is 10.6 Å². The summed E-state index contributed by atoms with van der Waals surface area (Å²) < 4.78 is 0. The van der Waals surface area contributed by atoms with Crippen molar-refractivity contribution in [2.24, 2.45) is 17.8 Å². The first-order valence-corrected chi connectivity index (χ1v) is 10.0. The van der Waals surface area contributed by atoms with Crippen molar-refractivity contribution in [3.63, 3.8) is 0 Å². The summed E-state index contributed by atoms with van der Waals surface area (Å²) in [4.78, 5) is 26.2. The van der Waals surface area contributed by atoms with E-state index >= 15 is 0 Å². The molecule has 4 saturated carbocycles. The SMILES string of the molecule is C[C@@H](C(=O)NC(=O)NC12CC3CC(CC(C3)C1)C2)[NH+]1CCCCC1. The lowest BCUT2D eigenvalue weighted by molar-refractivity contribution is -0.918. The zero-order chi connectivity index (χ0) is 16.7. The predicted molar refractivity (Wildman–Crippen MR) is 91.6 cm³/mol. The van der Waals surface area contributed by atoms with Gasteiger partial charge in [0.2, 0.25) is 0 Å². The Kier molecular flexibility index (Phi) is 4.31. The largest absolute Gasteiger partial charge is 0.332 e. The number of hydrogen-bond donors (Lipinski definition) is 3. The van der Waals surface area contributed by atoms with Crippen LogP contribution in [0.25, 0.3) is 0 Å². The summed E-state index contributed by atoms with van der Waals surface area (Å²) in [6.45, 7) is 4.05. The number of rotatable bonds is 3. The van der Waals surface area contributed by atoms with Gasteiger partial charge in [0.05, 0.1) is 13.1 Å². The van der Waals surface area contributed by atoms with Crippen molar-refractivity contribution >= 4 is 11.9 Å². The lowest BCUT2D eigenvalue weighted by Crippen LogP contribution is -3.17. The molecule has 0 radical (unpaired) electrons. The normalized spacial score (nSPS) is 39.5. The number of urea groups is 1. The first kappa shape index (κ1) is 16.4. The predicted octanol–water partition coefficient (Wildman–Crippen LogP) is 1.24. The highest BCUT2D eigenvalue weighted by atomic mass is 16.2. The van der Waals surface area contributed by atoms with E-state index in [0.717, 1.165) is 50.1 Å². The Morgan fingerprint density at radius 3 is 2.04 bits per heavy atom. The third-order valence-corrected chi connectivity index (χ3v) is 7.16. The molecule has 0 aromatic heterocycles. The van der Waals surface area contributed by atoms with Gasteiger partial charge in [-0.1, -0.05) is 0 Å². The van der Waals surface area contributed by atoms with Gasteiger partial charge in [-0.25, -0.2) is 4.79 Å². The summed E-state index contributed by atoms with van der Waals surface area (Å²) in [5.74, 6) is 2.27. The molecule has 3 N–H and O–H groups in total. The first-order chi connectivity index (χ1) is 11.5. The molecule has 1 atom stereocenters. The second kappa shape index (κ2) is 6.32. The zero-order valence-electron chi connectivity index (χ0n) is 14.9. The van der Waals surface area contributed by atoms with Crippen molar-refractivity contribution in [1.29, 1.82) is 0 Å². The number of amides is 3. The molecule has 1 heterocycles. The zero-order valence-corrected chi connectivity index (χ0v) is 14.9. The minimum atomic E-state index is -0.259. The van der Waals surface area contributed by atoms with Gasteiger partial charge < -0.3 is 10.2 Å². The molecule has 5 rings (SSSR count). The van der Waals surface area contributed by atoms with E-state index in [-0.39, 0.29) is 23.5 Å². The van der Waals surface area contributed by atoms with Crippen LogP contribution in [-0.4, -0.2) is 36.6 Å². The van der Waals surface area contributed by atoms with Crippen molar-refractivity contribution in [3.05, 3.63) is 0 Å². The summed E-state index contributed by atoms with van der Waals surface area (Å²) in [7, 11) is 0. The van der Waals surface area contributed by atoms with Gasteiger partial charge in [0.15, 0.2) is 6.04 Å². The Morgan fingerprint density at radius 2 is 1.50 bits per heavy atom. The molecule has 5 fully saturated rings. The molecule has 134 valence electrons. The molecule has 5 heteroatoms. The van der Waals surface area contributed by atoms with Crippen molar-refractivity contribution in [3.8, 4) is 0 Å². The Hall–Kier alpha value is -1.10. The smallest absolute Gasteiger partial charge is 0.322 e. The summed E-state index contributed by atoms with van der Waals surface area (Å²) in [6.07, 6.45) is 11.1. The van der Waals surface area contributed by atoms with Gasteiger partial charge in [0, 0.05) is 5.54 Å². The summed E-state index contributed by atoms with van der Waals surface area (Å²) in [5, 5.41) is 5.88. The molecule has 24 heavy (non-hydrogen) atoms. The molecule has 3 amide bonds. The molecule has 0 spiro atoms. The topological polar surface area (TPSA) is 62.6 Å². The van der Waals surface area contributed by atoms with Gasteiger partial charge in [-0.05, 0) is 82.5 Å². The average Bonchev–Trinajstić information content (AvgIpc) is 2.53. The maximum Gasteiger partial charge on any atom is 0.322 e. The maximum atomic E-state index is 12.5. The molecule has 1 aliphatic heterocycles. The van der Waals surface area contributed by atoms with Gasteiger partial charge in [-0.2, -0.15) is 0 Å². The lowest BCUT2D eigenvalue weighted by Gasteiger charge is -2.56. The van der Waals surface area contributed by atoms with Crippen LogP contribution in [0.2, 0.25) is 0 Å². The lowest BCUT2D eigenvalue weighted by atomic mass is 9.53. The fraction of sp³-hybridized carbons (Fsp3) is 0.895. The number of likely N-dealkylation sites (tertiary alicyclic amines) is 1. The van der Waals surface area contributed by atoms with Gasteiger partial charge in [-0.3, -0.25) is 10.1 Å². The van der Waals surface area contributed by atoms with Crippen LogP contribution < -0.4 is 15.5 Å². The van der Waals surface area contributed by atoms with E-state index in [1.54, 1.807) is 0 Å². The quantitative estimate of drug-likeness (QED) is 0.727.